The molecule has 1 aromatic heterocycles. The molecule has 0 atom stereocenters. The number of hydrogen-bond acceptors (Lipinski definition) is 3. The zero-order valence-electron chi connectivity index (χ0n) is 12.4. The second-order valence-corrected chi connectivity index (χ2v) is 5.27. The molecule has 0 aliphatic heterocycles. The van der Waals surface area contributed by atoms with Crippen molar-refractivity contribution in [1.82, 2.24) is 4.57 Å². The molecule has 0 radical (unpaired) electrons. The SMILES string of the molecule is COc1ccc(Cn2ccc3c2CCCC3=O)cc1OC. The minimum atomic E-state index is 0.266. The number of rotatable bonds is 4. The molecule has 1 aromatic carbocycles. The van der Waals surface area contributed by atoms with E-state index in [-0.39, 0.29) is 5.78 Å². The van der Waals surface area contributed by atoms with Gasteiger partial charge in [0.25, 0.3) is 0 Å². The van der Waals surface area contributed by atoms with Gasteiger partial charge >= 0.3 is 0 Å². The summed E-state index contributed by atoms with van der Waals surface area (Å²) in [5, 5.41) is 0. The molecule has 0 amide bonds. The van der Waals surface area contributed by atoms with Crippen LogP contribution in [-0.2, 0) is 13.0 Å². The van der Waals surface area contributed by atoms with Gasteiger partial charge in [-0.15, -0.1) is 0 Å². The fraction of sp³-hybridized carbons (Fsp3) is 0.353. The highest BCUT2D eigenvalue weighted by Gasteiger charge is 2.20. The number of nitrogens with zero attached hydrogens (tertiary/aromatic N) is 1. The Hall–Kier alpha value is -2.23. The topological polar surface area (TPSA) is 40.5 Å². The monoisotopic (exact) mass is 285 g/mol. The molecule has 0 saturated carbocycles. The Kier molecular flexibility index (Phi) is 3.69. The normalized spacial score (nSPS) is 13.9. The lowest BCUT2D eigenvalue weighted by Crippen LogP contribution is -2.13. The van der Waals surface area contributed by atoms with Crippen molar-refractivity contribution in [3.63, 3.8) is 0 Å². The Morgan fingerprint density at radius 3 is 2.67 bits per heavy atom. The molecule has 4 nitrogen and oxygen atoms in total. The van der Waals surface area contributed by atoms with E-state index in [4.69, 9.17) is 9.47 Å². The standard InChI is InChI=1S/C17H19NO3/c1-20-16-7-6-12(10-17(16)21-2)11-18-9-8-13-14(18)4-3-5-15(13)19/h6-10H,3-5,11H2,1-2H3. The van der Waals surface area contributed by atoms with E-state index in [0.29, 0.717) is 6.42 Å². The van der Waals surface area contributed by atoms with Crippen LogP contribution in [-0.4, -0.2) is 24.6 Å². The summed E-state index contributed by atoms with van der Waals surface area (Å²) >= 11 is 0. The predicted octanol–water partition coefficient (Wildman–Crippen LogP) is 3.07. The van der Waals surface area contributed by atoms with Crippen molar-refractivity contribution in [1.29, 1.82) is 0 Å². The third-order valence-corrected chi connectivity index (χ3v) is 4.00. The summed E-state index contributed by atoms with van der Waals surface area (Å²) in [4.78, 5) is 11.9. The fourth-order valence-corrected chi connectivity index (χ4v) is 2.91. The quantitative estimate of drug-likeness (QED) is 0.866. The Labute approximate surface area is 124 Å². The minimum Gasteiger partial charge on any atom is -0.493 e. The third-order valence-electron chi connectivity index (χ3n) is 4.00. The van der Waals surface area contributed by atoms with Crippen molar-refractivity contribution in [2.75, 3.05) is 14.2 Å². The molecule has 1 aliphatic carbocycles. The van der Waals surface area contributed by atoms with Gasteiger partial charge in [0.05, 0.1) is 14.2 Å². The highest BCUT2D eigenvalue weighted by Crippen LogP contribution is 2.29. The number of ketones is 1. The van der Waals surface area contributed by atoms with Crippen molar-refractivity contribution < 1.29 is 14.3 Å². The maximum atomic E-state index is 11.9. The van der Waals surface area contributed by atoms with Crippen LogP contribution in [0.5, 0.6) is 11.5 Å². The Bertz CT molecular complexity index is 673. The molecule has 0 bridgehead atoms. The summed E-state index contributed by atoms with van der Waals surface area (Å²) < 4.78 is 12.8. The van der Waals surface area contributed by atoms with Gasteiger partial charge in [-0.3, -0.25) is 4.79 Å². The first-order valence-electron chi connectivity index (χ1n) is 7.15. The molecule has 0 saturated heterocycles. The van der Waals surface area contributed by atoms with Crippen LogP contribution in [0.4, 0.5) is 0 Å². The number of hydrogen-bond donors (Lipinski definition) is 0. The average Bonchev–Trinajstić information content (AvgIpc) is 2.92. The van der Waals surface area contributed by atoms with E-state index in [9.17, 15) is 4.79 Å². The number of aromatic nitrogens is 1. The first-order chi connectivity index (χ1) is 10.2. The number of Topliss-reactive ketones (excluding diaryl/α,β-unsaturated/α-hetero) is 1. The number of fused-ring (bicyclic) bond motifs is 1. The molecule has 1 aliphatic rings. The van der Waals surface area contributed by atoms with Gasteiger partial charge in [0.15, 0.2) is 17.3 Å². The summed E-state index contributed by atoms with van der Waals surface area (Å²) in [7, 11) is 3.27. The Morgan fingerprint density at radius 2 is 1.90 bits per heavy atom. The molecule has 0 unspecified atom stereocenters. The van der Waals surface area contributed by atoms with E-state index >= 15 is 0 Å². The second-order valence-electron chi connectivity index (χ2n) is 5.27. The van der Waals surface area contributed by atoms with Crippen LogP contribution in [0.15, 0.2) is 30.5 Å². The van der Waals surface area contributed by atoms with Gasteiger partial charge in [0.2, 0.25) is 0 Å². The number of carbonyl (C=O) groups is 1. The minimum absolute atomic E-state index is 0.266. The summed E-state index contributed by atoms with van der Waals surface area (Å²) in [6.07, 6.45) is 4.60. The van der Waals surface area contributed by atoms with Crippen LogP contribution >= 0.6 is 0 Å². The number of methoxy groups -OCH3 is 2. The molecular weight excluding hydrogens is 266 g/mol. The van der Waals surface area contributed by atoms with Gasteiger partial charge in [0.1, 0.15) is 0 Å². The Balaban J connectivity index is 1.89. The van der Waals surface area contributed by atoms with Gasteiger partial charge in [-0.1, -0.05) is 6.07 Å². The number of benzene rings is 1. The van der Waals surface area contributed by atoms with Crippen LogP contribution in [0, 0.1) is 0 Å². The Morgan fingerprint density at radius 1 is 1.10 bits per heavy atom. The molecular formula is C17H19NO3. The van der Waals surface area contributed by atoms with E-state index in [1.807, 2.05) is 30.5 Å². The first kappa shape index (κ1) is 13.7. The maximum absolute atomic E-state index is 11.9. The number of ether oxygens (including phenoxy) is 2. The van der Waals surface area contributed by atoms with Crippen LogP contribution in [0.2, 0.25) is 0 Å². The average molecular weight is 285 g/mol. The van der Waals surface area contributed by atoms with E-state index in [1.165, 1.54) is 0 Å². The second kappa shape index (κ2) is 5.64. The summed E-state index contributed by atoms with van der Waals surface area (Å²) in [5.74, 6) is 1.72. The highest BCUT2D eigenvalue weighted by molar-refractivity contribution is 5.98. The van der Waals surface area contributed by atoms with Gasteiger partial charge in [-0.25, -0.2) is 0 Å². The van der Waals surface area contributed by atoms with Gasteiger partial charge < -0.3 is 14.0 Å². The molecule has 110 valence electrons. The van der Waals surface area contributed by atoms with Gasteiger partial charge in [0, 0.05) is 30.4 Å². The van der Waals surface area contributed by atoms with Crippen LogP contribution < -0.4 is 9.47 Å². The molecule has 0 N–H and O–H groups in total. The third kappa shape index (κ3) is 2.53. The molecule has 21 heavy (non-hydrogen) atoms. The highest BCUT2D eigenvalue weighted by atomic mass is 16.5. The lowest BCUT2D eigenvalue weighted by atomic mass is 9.97. The molecule has 3 rings (SSSR count). The summed E-state index contributed by atoms with van der Waals surface area (Å²) in [6, 6.07) is 7.86. The van der Waals surface area contributed by atoms with Crippen molar-refractivity contribution in [2.45, 2.75) is 25.8 Å². The van der Waals surface area contributed by atoms with E-state index in [2.05, 4.69) is 4.57 Å². The molecule has 2 aromatic rings. The maximum Gasteiger partial charge on any atom is 0.164 e. The van der Waals surface area contributed by atoms with Gasteiger partial charge in [-0.2, -0.15) is 0 Å². The molecule has 0 spiro atoms. The summed E-state index contributed by atoms with van der Waals surface area (Å²) in [5.41, 5.74) is 3.17. The molecule has 0 fully saturated rings. The lowest BCUT2D eigenvalue weighted by Gasteiger charge is -2.16. The van der Waals surface area contributed by atoms with E-state index in [1.54, 1.807) is 14.2 Å². The van der Waals surface area contributed by atoms with Crippen LogP contribution in [0.3, 0.4) is 0 Å². The van der Waals surface area contributed by atoms with Crippen molar-refractivity contribution in [3.05, 3.63) is 47.3 Å². The van der Waals surface area contributed by atoms with E-state index in [0.717, 1.165) is 47.7 Å². The smallest absolute Gasteiger partial charge is 0.164 e. The molecule has 1 heterocycles. The zero-order valence-corrected chi connectivity index (χ0v) is 12.4. The van der Waals surface area contributed by atoms with Crippen molar-refractivity contribution in [3.8, 4) is 11.5 Å². The zero-order chi connectivity index (χ0) is 14.8. The van der Waals surface area contributed by atoms with Crippen molar-refractivity contribution in [2.24, 2.45) is 0 Å². The lowest BCUT2D eigenvalue weighted by molar-refractivity contribution is 0.0972. The number of carbonyl (C=O) groups excluding carboxylic acids is 1. The first-order valence-corrected chi connectivity index (χ1v) is 7.15. The predicted molar refractivity (Wildman–Crippen MR) is 80.3 cm³/mol. The van der Waals surface area contributed by atoms with Crippen LogP contribution in [0.25, 0.3) is 0 Å². The largest absolute Gasteiger partial charge is 0.493 e. The summed E-state index contributed by atoms with van der Waals surface area (Å²) in [6.45, 7) is 0.739. The van der Waals surface area contributed by atoms with Crippen LogP contribution in [0.1, 0.15) is 34.5 Å². The van der Waals surface area contributed by atoms with Gasteiger partial charge in [-0.05, 0) is 36.6 Å². The van der Waals surface area contributed by atoms with Crippen molar-refractivity contribution >= 4 is 5.78 Å². The van der Waals surface area contributed by atoms with E-state index < -0.39 is 0 Å². The fourth-order valence-electron chi connectivity index (χ4n) is 2.91. The molecule has 4 heteroatoms.